The van der Waals surface area contributed by atoms with Crippen molar-refractivity contribution in [3.05, 3.63) is 11.6 Å². The number of nitrogens with one attached hydrogen (secondary N) is 3. The maximum atomic E-state index is 11.7. The first-order valence-electron chi connectivity index (χ1n) is 7.42. The number of carbonyl (C=O) groups excluding carboxylic acids is 1. The Kier molecular flexibility index (Phi) is 7.22. The molecule has 0 unspecified atom stereocenters. The molecule has 21 heavy (non-hydrogen) atoms. The van der Waals surface area contributed by atoms with Gasteiger partial charge in [0.1, 0.15) is 0 Å². The lowest BCUT2D eigenvalue weighted by Gasteiger charge is -2.21. The van der Waals surface area contributed by atoms with Crippen LogP contribution >= 0.6 is 0 Å². The standard InChI is InChI=1S/C15H28N4O2/c1-15(2,3)19-13(20)11-18-14(16-4)17-8-5-12-6-9-21-10-7-12/h6H,5,7-11H2,1-4H3,(H,19,20)(H2,16,17,18). The fourth-order valence-corrected chi connectivity index (χ4v) is 1.98. The molecule has 6 heteroatoms. The van der Waals surface area contributed by atoms with Crippen molar-refractivity contribution >= 4 is 11.9 Å². The highest BCUT2D eigenvalue weighted by atomic mass is 16.5. The first-order chi connectivity index (χ1) is 9.90. The van der Waals surface area contributed by atoms with Crippen LogP contribution in [0.3, 0.4) is 0 Å². The molecular weight excluding hydrogens is 268 g/mol. The quantitative estimate of drug-likeness (QED) is 0.399. The monoisotopic (exact) mass is 296 g/mol. The molecule has 0 radical (unpaired) electrons. The highest BCUT2D eigenvalue weighted by molar-refractivity contribution is 5.86. The van der Waals surface area contributed by atoms with Crippen molar-refractivity contribution in [2.24, 2.45) is 4.99 Å². The second-order valence-electron chi connectivity index (χ2n) is 6.09. The molecule has 120 valence electrons. The van der Waals surface area contributed by atoms with Gasteiger partial charge in [-0.1, -0.05) is 11.6 Å². The summed E-state index contributed by atoms with van der Waals surface area (Å²) in [6.45, 7) is 8.42. The molecule has 1 aliphatic heterocycles. The zero-order chi connectivity index (χ0) is 15.7. The van der Waals surface area contributed by atoms with Crippen LogP contribution in [0.25, 0.3) is 0 Å². The van der Waals surface area contributed by atoms with Gasteiger partial charge < -0.3 is 20.7 Å². The lowest BCUT2D eigenvalue weighted by molar-refractivity contribution is -0.121. The Morgan fingerprint density at radius 2 is 2.14 bits per heavy atom. The molecule has 0 aliphatic carbocycles. The average Bonchev–Trinajstić information content (AvgIpc) is 2.42. The topological polar surface area (TPSA) is 74.8 Å². The third-order valence-corrected chi connectivity index (χ3v) is 2.95. The first-order valence-corrected chi connectivity index (χ1v) is 7.42. The van der Waals surface area contributed by atoms with Gasteiger partial charge in [0, 0.05) is 19.1 Å². The molecule has 0 bridgehead atoms. The molecule has 0 aromatic heterocycles. The molecule has 1 aliphatic rings. The Morgan fingerprint density at radius 1 is 1.38 bits per heavy atom. The van der Waals surface area contributed by atoms with E-state index in [2.05, 4.69) is 27.0 Å². The van der Waals surface area contributed by atoms with Crippen LogP contribution in [0.5, 0.6) is 0 Å². The van der Waals surface area contributed by atoms with Gasteiger partial charge in [-0.05, 0) is 33.6 Å². The van der Waals surface area contributed by atoms with Gasteiger partial charge in [0.05, 0.1) is 19.8 Å². The normalized spacial score (nSPS) is 16.2. The third kappa shape index (κ3) is 8.34. The van der Waals surface area contributed by atoms with Gasteiger partial charge >= 0.3 is 0 Å². The molecule has 1 heterocycles. The zero-order valence-electron chi connectivity index (χ0n) is 13.6. The maximum absolute atomic E-state index is 11.7. The summed E-state index contributed by atoms with van der Waals surface area (Å²) in [6, 6.07) is 0. The van der Waals surface area contributed by atoms with Crippen molar-refractivity contribution in [2.45, 2.75) is 39.2 Å². The summed E-state index contributed by atoms with van der Waals surface area (Å²) in [5.74, 6) is 0.601. The highest BCUT2D eigenvalue weighted by Gasteiger charge is 2.13. The molecule has 6 nitrogen and oxygen atoms in total. The molecule has 0 aromatic rings. The van der Waals surface area contributed by atoms with E-state index in [1.807, 2.05) is 20.8 Å². The molecule has 3 N–H and O–H groups in total. The summed E-state index contributed by atoms with van der Waals surface area (Å²) >= 11 is 0. The van der Waals surface area contributed by atoms with E-state index >= 15 is 0 Å². The van der Waals surface area contributed by atoms with E-state index in [0.29, 0.717) is 5.96 Å². The summed E-state index contributed by atoms with van der Waals surface area (Å²) in [7, 11) is 1.70. The largest absolute Gasteiger partial charge is 0.377 e. The van der Waals surface area contributed by atoms with Gasteiger partial charge in [-0.25, -0.2) is 0 Å². The third-order valence-electron chi connectivity index (χ3n) is 2.95. The Balaban J connectivity index is 2.23. The number of carbonyl (C=O) groups is 1. The minimum atomic E-state index is -0.217. The lowest BCUT2D eigenvalue weighted by atomic mass is 10.1. The van der Waals surface area contributed by atoms with Crippen LogP contribution in [0.1, 0.15) is 33.6 Å². The summed E-state index contributed by atoms with van der Waals surface area (Å²) in [4.78, 5) is 15.8. The molecule has 0 atom stereocenters. The van der Waals surface area contributed by atoms with E-state index in [0.717, 1.165) is 32.6 Å². The Morgan fingerprint density at radius 3 is 2.71 bits per heavy atom. The molecule has 0 spiro atoms. The minimum Gasteiger partial charge on any atom is -0.377 e. The van der Waals surface area contributed by atoms with Crippen molar-refractivity contribution in [2.75, 3.05) is 33.4 Å². The van der Waals surface area contributed by atoms with Crippen molar-refractivity contribution in [1.29, 1.82) is 0 Å². The second kappa shape index (κ2) is 8.67. The fraction of sp³-hybridized carbons (Fsp3) is 0.733. The molecular formula is C15H28N4O2. The van der Waals surface area contributed by atoms with E-state index in [-0.39, 0.29) is 18.0 Å². The number of amides is 1. The number of nitrogens with zero attached hydrogens (tertiary/aromatic N) is 1. The van der Waals surface area contributed by atoms with Crippen molar-refractivity contribution in [3.63, 3.8) is 0 Å². The second-order valence-corrected chi connectivity index (χ2v) is 6.09. The van der Waals surface area contributed by atoms with E-state index in [1.165, 1.54) is 5.57 Å². The van der Waals surface area contributed by atoms with E-state index < -0.39 is 0 Å². The number of rotatable bonds is 5. The van der Waals surface area contributed by atoms with Crippen LogP contribution in [0, 0.1) is 0 Å². The van der Waals surface area contributed by atoms with Crippen LogP contribution < -0.4 is 16.0 Å². The number of aliphatic imine (C=N–C) groups is 1. The SMILES string of the molecule is CN=C(NCCC1=CCOCC1)NCC(=O)NC(C)(C)C. The number of ether oxygens (including phenoxy) is 1. The maximum Gasteiger partial charge on any atom is 0.239 e. The van der Waals surface area contributed by atoms with Gasteiger partial charge in [0.2, 0.25) is 5.91 Å². The van der Waals surface area contributed by atoms with E-state index in [9.17, 15) is 4.79 Å². The van der Waals surface area contributed by atoms with Crippen LogP contribution in [0.2, 0.25) is 0 Å². The zero-order valence-corrected chi connectivity index (χ0v) is 13.6. The fourth-order valence-electron chi connectivity index (χ4n) is 1.98. The predicted molar refractivity (Wildman–Crippen MR) is 85.4 cm³/mol. The molecule has 0 saturated heterocycles. The molecule has 0 saturated carbocycles. The summed E-state index contributed by atoms with van der Waals surface area (Å²) < 4.78 is 5.28. The molecule has 1 rings (SSSR count). The van der Waals surface area contributed by atoms with Crippen molar-refractivity contribution in [3.8, 4) is 0 Å². The highest BCUT2D eigenvalue weighted by Crippen LogP contribution is 2.10. The van der Waals surface area contributed by atoms with E-state index in [4.69, 9.17) is 4.74 Å². The van der Waals surface area contributed by atoms with Crippen molar-refractivity contribution < 1.29 is 9.53 Å². The van der Waals surface area contributed by atoms with Crippen LogP contribution in [-0.4, -0.2) is 50.8 Å². The van der Waals surface area contributed by atoms with Gasteiger partial charge in [-0.2, -0.15) is 0 Å². The molecule has 0 fully saturated rings. The molecule has 0 aromatic carbocycles. The number of hydrogen-bond donors (Lipinski definition) is 3. The van der Waals surface area contributed by atoms with Gasteiger partial charge in [0.15, 0.2) is 5.96 Å². The molecule has 1 amide bonds. The van der Waals surface area contributed by atoms with Gasteiger partial charge in [-0.15, -0.1) is 0 Å². The Labute approximate surface area is 127 Å². The lowest BCUT2D eigenvalue weighted by Crippen LogP contribution is -2.48. The first kappa shape index (κ1) is 17.5. The van der Waals surface area contributed by atoms with Crippen LogP contribution in [0.15, 0.2) is 16.6 Å². The van der Waals surface area contributed by atoms with Crippen LogP contribution in [-0.2, 0) is 9.53 Å². The van der Waals surface area contributed by atoms with Crippen molar-refractivity contribution in [1.82, 2.24) is 16.0 Å². The van der Waals surface area contributed by atoms with Gasteiger partial charge in [-0.3, -0.25) is 9.79 Å². The average molecular weight is 296 g/mol. The minimum absolute atomic E-state index is 0.0439. The Bertz CT molecular complexity index is 397. The summed E-state index contributed by atoms with van der Waals surface area (Å²) in [6.07, 6.45) is 4.11. The summed E-state index contributed by atoms with van der Waals surface area (Å²) in [5.41, 5.74) is 1.19. The van der Waals surface area contributed by atoms with Crippen LogP contribution in [0.4, 0.5) is 0 Å². The predicted octanol–water partition coefficient (Wildman–Crippen LogP) is 0.803. The Hall–Kier alpha value is -1.56. The van der Waals surface area contributed by atoms with Gasteiger partial charge in [0.25, 0.3) is 0 Å². The number of guanidine groups is 1. The smallest absolute Gasteiger partial charge is 0.239 e. The number of hydrogen-bond acceptors (Lipinski definition) is 3. The summed E-state index contributed by atoms with van der Waals surface area (Å²) in [5, 5.41) is 9.12. The van der Waals surface area contributed by atoms with E-state index in [1.54, 1.807) is 7.05 Å².